The van der Waals surface area contributed by atoms with Crippen molar-refractivity contribution >= 4 is 12.0 Å². The predicted octanol–water partition coefficient (Wildman–Crippen LogP) is 1.68. The van der Waals surface area contributed by atoms with Crippen LogP contribution in [0, 0.1) is 5.92 Å². The number of amides is 2. The molecule has 5 nitrogen and oxygen atoms in total. The molecule has 17 heavy (non-hydrogen) atoms. The van der Waals surface area contributed by atoms with Gasteiger partial charge in [0.1, 0.15) is 6.04 Å². The molecule has 1 heterocycles. The van der Waals surface area contributed by atoms with Gasteiger partial charge in [0.25, 0.3) is 0 Å². The number of nitrogens with zero attached hydrogens (tertiary/aromatic N) is 1. The van der Waals surface area contributed by atoms with E-state index < -0.39 is 12.0 Å². The molecule has 0 aromatic heterocycles. The highest BCUT2D eigenvalue weighted by Crippen LogP contribution is 2.10. The Labute approximate surface area is 102 Å². The highest BCUT2D eigenvalue weighted by molar-refractivity contribution is 5.82. The first kappa shape index (κ1) is 13.8. The smallest absolute Gasteiger partial charge is 0.326 e. The monoisotopic (exact) mass is 242 g/mol. The highest BCUT2D eigenvalue weighted by Gasteiger charge is 2.26. The molecule has 2 amide bonds. The molecule has 1 atom stereocenters. The van der Waals surface area contributed by atoms with Gasteiger partial charge in [-0.2, -0.15) is 0 Å². The van der Waals surface area contributed by atoms with Gasteiger partial charge in [-0.05, 0) is 18.8 Å². The number of carboxylic acid groups (broad SMARTS) is 1. The third-order valence-corrected chi connectivity index (χ3v) is 3.10. The second-order valence-corrected chi connectivity index (χ2v) is 4.91. The Morgan fingerprint density at radius 3 is 2.06 bits per heavy atom. The molecule has 0 aliphatic carbocycles. The topological polar surface area (TPSA) is 69.6 Å². The van der Waals surface area contributed by atoms with E-state index in [4.69, 9.17) is 5.11 Å². The zero-order chi connectivity index (χ0) is 12.8. The largest absolute Gasteiger partial charge is 0.480 e. The van der Waals surface area contributed by atoms with Gasteiger partial charge in [0.2, 0.25) is 0 Å². The van der Waals surface area contributed by atoms with Gasteiger partial charge in [-0.15, -0.1) is 0 Å². The maximum atomic E-state index is 11.9. The lowest BCUT2D eigenvalue weighted by Gasteiger charge is -2.25. The minimum absolute atomic E-state index is 0.108. The second-order valence-electron chi connectivity index (χ2n) is 4.91. The number of hydrogen-bond donors (Lipinski definition) is 2. The van der Waals surface area contributed by atoms with Gasteiger partial charge in [-0.3, -0.25) is 0 Å². The number of nitrogens with one attached hydrogen (secondary N) is 1. The lowest BCUT2D eigenvalue weighted by atomic mass is 10.1. The fraction of sp³-hybridized carbons (Fsp3) is 0.833. The molecule has 0 bridgehead atoms. The van der Waals surface area contributed by atoms with Gasteiger partial charge in [0.05, 0.1) is 0 Å². The van der Waals surface area contributed by atoms with Crippen molar-refractivity contribution in [2.24, 2.45) is 5.92 Å². The van der Waals surface area contributed by atoms with E-state index in [9.17, 15) is 9.59 Å². The van der Waals surface area contributed by atoms with E-state index >= 15 is 0 Å². The molecule has 98 valence electrons. The van der Waals surface area contributed by atoms with Crippen LogP contribution >= 0.6 is 0 Å². The molecule has 0 aromatic carbocycles. The van der Waals surface area contributed by atoms with Crippen LogP contribution in [0.2, 0.25) is 0 Å². The van der Waals surface area contributed by atoms with Crippen LogP contribution < -0.4 is 5.32 Å². The molecule has 1 fully saturated rings. The SMILES string of the molecule is CC(C)C(NC(=O)N1CCCCCC1)C(=O)O. The number of hydrogen-bond acceptors (Lipinski definition) is 2. The van der Waals surface area contributed by atoms with Crippen molar-refractivity contribution in [3.63, 3.8) is 0 Å². The van der Waals surface area contributed by atoms with E-state index in [0.717, 1.165) is 38.8 Å². The Balaban J connectivity index is 2.53. The first-order valence-corrected chi connectivity index (χ1v) is 6.30. The van der Waals surface area contributed by atoms with Gasteiger partial charge in [0, 0.05) is 13.1 Å². The minimum atomic E-state index is -0.969. The molecule has 0 aromatic rings. The average molecular weight is 242 g/mol. The third kappa shape index (κ3) is 4.24. The van der Waals surface area contributed by atoms with Crippen molar-refractivity contribution in [2.45, 2.75) is 45.6 Å². The first-order valence-electron chi connectivity index (χ1n) is 6.30. The van der Waals surface area contributed by atoms with Crippen LogP contribution in [0.15, 0.2) is 0 Å². The molecule has 2 N–H and O–H groups in total. The molecule has 5 heteroatoms. The minimum Gasteiger partial charge on any atom is -0.480 e. The zero-order valence-electron chi connectivity index (χ0n) is 10.6. The summed E-state index contributed by atoms with van der Waals surface area (Å²) >= 11 is 0. The molecule has 1 unspecified atom stereocenters. The maximum absolute atomic E-state index is 11.9. The summed E-state index contributed by atoms with van der Waals surface area (Å²) in [7, 11) is 0. The van der Waals surface area contributed by atoms with Gasteiger partial charge >= 0.3 is 12.0 Å². The molecule has 0 spiro atoms. The van der Waals surface area contributed by atoms with Crippen LogP contribution in [0.25, 0.3) is 0 Å². The zero-order valence-corrected chi connectivity index (χ0v) is 10.6. The Kier molecular flexibility index (Phi) is 5.25. The highest BCUT2D eigenvalue weighted by atomic mass is 16.4. The Bertz CT molecular complexity index is 271. The van der Waals surface area contributed by atoms with Gasteiger partial charge in [0.15, 0.2) is 0 Å². The molecule has 0 radical (unpaired) electrons. The fourth-order valence-corrected chi connectivity index (χ4v) is 2.01. The standard InChI is InChI=1S/C12H22N2O3/c1-9(2)10(11(15)16)13-12(17)14-7-5-3-4-6-8-14/h9-10H,3-8H2,1-2H3,(H,13,17)(H,15,16). The summed E-state index contributed by atoms with van der Waals surface area (Å²) < 4.78 is 0. The number of carbonyl (C=O) groups is 2. The molecule has 1 aliphatic heterocycles. The molecule has 0 saturated carbocycles. The second kappa shape index (κ2) is 6.47. The van der Waals surface area contributed by atoms with Crippen molar-refractivity contribution in [1.82, 2.24) is 10.2 Å². The first-order chi connectivity index (χ1) is 8.02. The van der Waals surface area contributed by atoms with E-state index in [1.807, 2.05) is 0 Å². The lowest BCUT2D eigenvalue weighted by molar-refractivity contribution is -0.140. The molecule has 1 saturated heterocycles. The van der Waals surface area contributed by atoms with Gasteiger partial charge < -0.3 is 15.3 Å². The Morgan fingerprint density at radius 2 is 1.65 bits per heavy atom. The molecular formula is C12H22N2O3. The average Bonchev–Trinajstić information content (AvgIpc) is 2.52. The van der Waals surface area contributed by atoms with Crippen LogP contribution in [0.3, 0.4) is 0 Å². The summed E-state index contributed by atoms with van der Waals surface area (Å²) in [5, 5.41) is 11.6. The maximum Gasteiger partial charge on any atom is 0.326 e. The van der Waals surface area contributed by atoms with Gasteiger partial charge in [-0.25, -0.2) is 9.59 Å². The van der Waals surface area contributed by atoms with Crippen LogP contribution in [0.4, 0.5) is 4.79 Å². The quantitative estimate of drug-likeness (QED) is 0.791. The van der Waals surface area contributed by atoms with Crippen molar-refractivity contribution < 1.29 is 14.7 Å². The summed E-state index contributed by atoms with van der Waals surface area (Å²) in [6, 6.07) is -1.04. The Hall–Kier alpha value is -1.26. The van der Waals surface area contributed by atoms with Crippen LogP contribution in [-0.4, -0.2) is 41.1 Å². The summed E-state index contributed by atoms with van der Waals surface area (Å²) in [5.74, 6) is -1.08. The number of urea groups is 1. The summed E-state index contributed by atoms with van der Waals surface area (Å²) in [5.41, 5.74) is 0. The van der Waals surface area contributed by atoms with E-state index in [0.29, 0.717) is 0 Å². The molecule has 1 aliphatic rings. The summed E-state index contributed by atoms with van der Waals surface area (Å²) in [6.45, 7) is 5.05. The Morgan fingerprint density at radius 1 is 1.12 bits per heavy atom. The van der Waals surface area contributed by atoms with E-state index in [2.05, 4.69) is 5.32 Å². The van der Waals surface area contributed by atoms with E-state index in [1.165, 1.54) is 0 Å². The third-order valence-electron chi connectivity index (χ3n) is 3.10. The molecule has 1 rings (SSSR count). The van der Waals surface area contributed by atoms with E-state index in [-0.39, 0.29) is 11.9 Å². The number of rotatable bonds is 3. The van der Waals surface area contributed by atoms with E-state index in [1.54, 1.807) is 18.7 Å². The number of aliphatic carboxylic acids is 1. The van der Waals surface area contributed by atoms with Gasteiger partial charge in [-0.1, -0.05) is 26.7 Å². The normalized spacial score (nSPS) is 18.6. The fourth-order valence-electron chi connectivity index (χ4n) is 2.01. The molecular weight excluding hydrogens is 220 g/mol. The van der Waals surface area contributed by atoms with Crippen LogP contribution in [0.1, 0.15) is 39.5 Å². The number of likely N-dealkylation sites (tertiary alicyclic amines) is 1. The van der Waals surface area contributed by atoms with Crippen LogP contribution in [0.5, 0.6) is 0 Å². The van der Waals surface area contributed by atoms with Crippen molar-refractivity contribution in [2.75, 3.05) is 13.1 Å². The van der Waals surface area contributed by atoms with Crippen molar-refractivity contribution in [1.29, 1.82) is 0 Å². The van der Waals surface area contributed by atoms with Crippen molar-refractivity contribution in [3.8, 4) is 0 Å². The number of carboxylic acids is 1. The lowest BCUT2D eigenvalue weighted by Crippen LogP contribution is -2.50. The van der Waals surface area contributed by atoms with Crippen LogP contribution in [-0.2, 0) is 4.79 Å². The van der Waals surface area contributed by atoms with Crippen molar-refractivity contribution in [3.05, 3.63) is 0 Å². The summed E-state index contributed by atoms with van der Waals surface area (Å²) in [4.78, 5) is 24.6. The predicted molar refractivity (Wildman–Crippen MR) is 64.8 cm³/mol. The number of carbonyl (C=O) groups excluding carboxylic acids is 1. The summed E-state index contributed by atoms with van der Waals surface area (Å²) in [6.07, 6.45) is 4.31.